The van der Waals surface area contributed by atoms with Crippen LogP contribution in [0.15, 0.2) is 58.8 Å². The van der Waals surface area contributed by atoms with E-state index in [0.717, 1.165) is 17.8 Å². The number of carboxylic acids is 1. The van der Waals surface area contributed by atoms with E-state index in [1.165, 1.54) is 18.4 Å². The van der Waals surface area contributed by atoms with Crippen molar-refractivity contribution in [2.75, 3.05) is 39.6 Å². The van der Waals surface area contributed by atoms with Crippen molar-refractivity contribution in [3.05, 3.63) is 54.1 Å². The summed E-state index contributed by atoms with van der Waals surface area (Å²) in [6, 6.07) is 15.4. The maximum atomic E-state index is 11.1. The van der Waals surface area contributed by atoms with Gasteiger partial charge < -0.3 is 44.1 Å². The third-order valence-electron chi connectivity index (χ3n) is 6.06. The number of aliphatic hydroxyl groups is 3. The molecule has 12 heteroatoms. The average molecular weight is 563 g/mol. The Hall–Kier alpha value is -2.97. The third kappa shape index (κ3) is 10.2. The predicted molar refractivity (Wildman–Crippen MR) is 143 cm³/mol. The monoisotopic (exact) mass is 562 g/mol. The van der Waals surface area contributed by atoms with E-state index in [2.05, 4.69) is 29.3 Å². The molecule has 0 saturated carbocycles. The Bertz CT molecular complexity index is 1030. The van der Waals surface area contributed by atoms with Gasteiger partial charge in [-0.3, -0.25) is 0 Å². The Morgan fingerprint density at radius 2 is 1.38 bits per heavy atom. The van der Waals surface area contributed by atoms with E-state index < -0.39 is 36.7 Å². The fraction of sp³-hybridized carbons (Fsp3) is 0.536. The molecule has 1 fully saturated rings. The minimum absolute atomic E-state index is 0.0269. The summed E-state index contributed by atoms with van der Waals surface area (Å²) >= 11 is 0. The van der Waals surface area contributed by atoms with Gasteiger partial charge in [0.25, 0.3) is 0 Å². The van der Waals surface area contributed by atoms with Crippen LogP contribution in [0.1, 0.15) is 25.3 Å². The largest absolute Gasteiger partial charge is 0.491 e. The van der Waals surface area contributed by atoms with Crippen LogP contribution in [0.5, 0.6) is 5.75 Å². The molecule has 1 aliphatic rings. The van der Waals surface area contributed by atoms with Crippen molar-refractivity contribution >= 4 is 17.3 Å². The molecule has 2 aromatic rings. The zero-order chi connectivity index (χ0) is 28.7. The number of azo groups is 1. The number of unbranched alkanes of at least 4 members (excludes halogenated alkanes) is 1. The summed E-state index contributed by atoms with van der Waals surface area (Å²) in [5, 5.41) is 46.9. The van der Waals surface area contributed by atoms with Gasteiger partial charge in [0.15, 0.2) is 12.4 Å². The molecule has 220 valence electrons. The van der Waals surface area contributed by atoms with E-state index in [-0.39, 0.29) is 19.8 Å². The first kappa shape index (κ1) is 31.6. The fourth-order valence-electron chi connectivity index (χ4n) is 3.79. The number of hydrogen-bond acceptors (Lipinski definition) is 11. The Morgan fingerprint density at radius 3 is 1.98 bits per heavy atom. The van der Waals surface area contributed by atoms with Crippen LogP contribution in [0.4, 0.5) is 11.4 Å². The highest BCUT2D eigenvalue weighted by Crippen LogP contribution is 2.23. The van der Waals surface area contributed by atoms with E-state index in [1.807, 2.05) is 36.4 Å². The molecule has 0 aromatic heterocycles. The molecule has 4 N–H and O–H groups in total. The first-order valence-corrected chi connectivity index (χ1v) is 13.3. The smallest absolute Gasteiger partial charge is 0.335 e. The second-order valence-corrected chi connectivity index (χ2v) is 9.14. The Balaban J connectivity index is 1.22. The van der Waals surface area contributed by atoms with Gasteiger partial charge in [0.2, 0.25) is 0 Å². The molecule has 1 heterocycles. The van der Waals surface area contributed by atoms with E-state index in [9.17, 15) is 20.1 Å². The minimum atomic E-state index is -1.76. The van der Waals surface area contributed by atoms with Crippen molar-refractivity contribution in [2.45, 2.75) is 56.9 Å². The summed E-state index contributed by atoms with van der Waals surface area (Å²) < 4.78 is 26.7. The summed E-state index contributed by atoms with van der Waals surface area (Å²) in [6.45, 7) is 3.57. The standard InChI is InChI=1S/C28H38N2O10/c1-2-3-4-19-5-7-20(8-6-19)29-30-21-9-11-22(12-10-21)38-17-15-36-13-14-37-16-18-39-28-25(33)23(31)24(32)26(40-28)27(34)35/h5-12,23-26,28,31-33H,2-4,13-18H2,1H3,(H,34,35)/t23-,24-,25+,26-,28+/m0/s1. The average Bonchev–Trinajstić information content (AvgIpc) is 2.96. The number of aliphatic carboxylic acids is 1. The Labute approximate surface area is 233 Å². The van der Waals surface area contributed by atoms with Crippen LogP contribution >= 0.6 is 0 Å². The number of carbonyl (C=O) groups is 1. The second-order valence-electron chi connectivity index (χ2n) is 9.14. The highest BCUT2D eigenvalue weighted by atomic mass is 16.7. The lowest BCUT2D eigenvalue weighted by Crippen LogP contribution is -2.60. The lowest BCUT2D eigenvalue weighted by molar-refractivity contribution is -0.295. The van der Waals surface area contributed by atoms with Crippen molar-refractivity contribution in [1.29, 1.82) is 0 Å². The van der Waals surface area contributed by atoms with Crippen molar-refractivity contribution in [3.63, 3.8) is 0 Å². The van der Waals surface area contributed by atoms with Gasteiger partial charge in [-0.15, -0.1) is 0 Å². The molecule has 12 nitrogen and oxygen atoms in total. The molecule has 0 aliphatic carbocycles. The minimum Gasteiger partial charge on any atom is -0.491 e. The third-order valence-corrected chi connectivity index (χ3v) is 6.06. The maximum absolute atomic E-state index is 11.1. The molecule has 0 amide bonds. The zero-order valence-electron chi connectivity index (χ0n) is 22.5. The molecule has 2 aromatic carbocycles. The molecule has 3 rings (SSSR count). The van der Waals surface area contributed by atoms with Crippen molar-refractivity contribution in [1.82, 2.24) is 0 Å². The maximum Gasteiger partial charge on any atom is 0.335 e. The highest BCUT2D eigenvalue weighted by molar-refractivity contribution is 5.73. The molecule has 0 radical (unpaired) electrons. The molecule has 0 unspecified atom stereocenters. The summed E-state index contributed by atoms with van der Waals surface area (Å²) in [5.41, 5.74) is 2.83. The van der Waals surface area contributed by atoms with E-state index in [0.29, 0.717) is 25.6 Å². The van der Waals surface area contributed by atoms with Gasteiger partial charge in [-0.05, 0) is 54.8 Å². The van der Waals surface area contributed by atoms with Crippen LogP contribution in [0.2, 0.25) is 0 Å². The number of benzene rings is 2. The molecular formula is C28H38N2O10. The number of aryl methyl sites for hydroxylation is 1. The number of carboxylic acid groups (broad SMARTS) is 1. The number of ether oxygens (including phenoxy) is 5. The van der Waals surface area contributed by atoms with E-state index >= 15 is 0 Å². The van der Waals surface area contributed by atoms with Gasteiger partial charge in [0, 0.05) is 0 Å². The van der Waals surface area contributed by atoms with E-state index in [4.69, 9.17) is 28.8 Å². The van der Waals surface area contributed by atoms with Crippen LogP contribution in [-0.4, -0.2) is 96.7 Å². The SMILES string of the molecule is CCCCc1ccc(N=Nc2ccc(OCCOCCOCCO[C@@H]3O[C@H](C(=O)O)[C@@H](O)[C@H](O)[C@H]3O)cc2)cc1. The number of nitrogens with zero attached hydrogens (tertiary/aromatic N) is 2. The molecule has 0 bridgehead atoms. The Kier molecular flexibility index (Phi) is 13.4. The molecule has 0 spiro atoms. The van der Waals surface area contributed by atoms with Gasteiger partial charge in [-0.1, -0.05) is 25.5 Å². The van der Waals surface area contributed by atoms with Crippen molar-refractivity contribution < 1.29 is 48.9 Å². The Morgan fingerprint density at radius 1 is 0.800 bits per heavy atom. The van der Waals surface area contributed by atoms with Crippen LogP contribution in [0.25, 0.3) is 0 Å². The quantitative estimate of drug-likeness (QED) is 0.166. The summed E-state index contributed by atoms with van der Waals surface area (Å²) in [5.74, 6) is -0.783. The van der Waals surface area contributed by atoms with Crippen LogP contribution in [0.3, 0.4) is 0 Å². The molecule has 1 aliphatic heterocycles. The molecular weight excluding hydrogens is 524 g/mol. The van der Waals surface area contributed by atoms with Crippen molar-refractivity contribution in [3.8, 4) is 5.75 Å². The predicted octanol–water partition coefficient (Wildman–Crippen LogP) is 2.77. The molecule has 5 atom stereocenters. The number of rotatable bonds is 17. The molecule has 1 saturated heterocycles. The highest BCUT2D eigenvalue weighted by Gasteiger charge is 2.47. The van der Waals surface area contributed by atoms with Gasteiger partial charge in [-0.25, -0.2) is 4.79 Å². The van der Waals surface area contributed by atoms with Gasteiger partial charge in [-0.2, -0.15) is 10.2 Å². The lowest BCUT2D eigenvalue weighted by Gasteiger charge is -2.38. The van der Waals surface area contributed by atoms with Crippen LogP contribution in [-0.2, 0) is 30.2 Å². The first-order valence-electron chi connectivity index (χ1n) is 13.3. The fourth-order valence-corrected chi connectivity index (χ4v) is 3.79. The summed E-state index contributed by atoms with van der Waals surface area (Å²) in [6.07, 6.45) is -4.73. The lowest BCUT2D eigenvalue weighted by atomic mass is 9.99. The summed E-state index contributed by atoms with van der Waals surface area (Å²) in [7, 11) is 0. The topological polar surface area (TPSA) is 169 Å². The van der Waals surface area contributed by atoms with Crippen molar-refractivity contribution in [2.24, 2.45) is 10.2 Å². The molecule has 40 heavy (non-hydrogen) atoms. The second kappa shape index (κ2) is 17.0. The zero-order valence-corrected chi connectivity index (χ0v) is 22.5. The number of aliphatic hydroxyl groups excluding tert-OH is 3. The van der Waals surface area contributed by atoms with Gasteiger partial charge in [0.1, 0.15) is 30.7 Å². The summed E-state index contributed by atoms with van der Waals surface area (Å²) in [4.78, 5) is 11.1. The van der Waals surface area contributed by atoms with Crippen LogP contribution < -0.4 is 4.74 Å². The van der Waals surface area contributed by atoms with E-state index in [1.54, 1.807) is 0 Å². The number of hydrogen-bond donors (Lipinski definition) is 4. The van der Waals surface area contributed by atoms with Crippen LogP contribution in [0, 0.1) is 0 Å². The van der Waals surface area contributed by atoms with Gasteiger partial charge in [0.05, 0.1) is 44.4 Å². The first-order chi connectivity index (χ1) is 19.4. The normalized spacial score (nSPS) is 22.9. The van der Waals surface area contributed by atoms with Gasteiger partial charge >= 0.3 is 5.97 Å².